The van der Waals surface area contributed by atoms with Crippen LogP contribution >= 0.6 is 0 Å². The van der Waals surface area contributed by atoms with Gasteiger partial charge in [-0.3, -0.25) is 4.79 Å². The van der Waals surface area contributed by atoms with Crippen molar-refractivity contribution in [3.05, 3.63) is 0 Å². The summed E-state index contributed by atoms with van der Waals surface area (Å²) in [6.45, 7) is 0.702. The third-order valence-corrected chi connectivity index (χ3v) is 4.69. The number of ether oxygens (including phenoxy) is 1. The molecule has 4 atom stereocenters. The lowest BCUT2D eigenvalue weighted by Crippen LogP contribution is -2.50. The maximum atomic E-state index is 12.0. The Bertz CT molecular complexity index is 397. The molecular formula is C14H22N2O4. The normalized spacial score (nSPS) is 36.8. The smallest absolute Gasteiger partial charge is 0.315 e. The molecule has 0 aromatic heterocycles. The number of carbonyl (C=O) groups is 2. The molecule has 20 heavy (non-hydrogen) atoms. The monoisotopic (exact) mass is 282 g/mol. The van der Waals surface area contributed by atoms with E-state index < -0.39 is 11.9 Å². The van der Waals surface area contributed by atoms with Crippen LogP contribution in [-0.2, 0) is 9.53 Å². The molecule has 1 heterocycles. The fraction of sp³-hybridized carbons (Fsp3) is 0.857. The molecule has 4 unspecified atom stereocenters. The molecule has 2 aliphatic carbocycles. The van der Waals surface area contributed by atoms with Gasteiger partial charge in [-0.2, -0.15) is 0 Å². The number of carboxylic acid groups (broad SMARTS) is 1. The van der Waals surface area contributed by atoms with Gasteiger partial charge in [0.1, 0.15) is 0 Å². The molecule has 3 N–H and O–H groups in total. The first-order valence-corrected chi connectivity index (χ1v) is 7.56. The quantitative estimate of drug-likeness (QED) is 0.720. The molecule has 1 aliphatic heterocycles. The van der Waals surface area contributed by atoms with Gasteiger partial charge in [-0.05, 0) is 38.0 Å². The second-order valence-electron chi connectivity index (χ2n) is 6.17. The van der Waals surface area contributed by atoms with Gasteiger partial charge in [-0.1, -0.05) is 6.42 Å². The molecule has 6 heteroatoms. The molecule has 6 nitrogen and oxygen atoms in total. The highest BCUT2D eigenvalue weighted by atomic mass is 16.5. The van der Waals surface area contributed by atoms with Crippen LogP contribution in [0.5, 0.6) is 0 Å². The van der Waals surface area contributed by atoms with E-state index in [1.165, 1.54) is 12.8 Å². The Hall–Kier alpha value is -1.30. The van der Waals surface area contributed by atoms with E-state index in [0.717, 1.165) is 19.3 Å². The highest BCUT2D eigenvalue weighted by Gasteiger charge is 2.41. The number of rotatable bonds is 4. The van der Waals surface area contributed by atoms with Crippen molar-refractivity contribution in [2.24, 2.45) is 11.8 Å². The maximum absolute atomic E-state index is 12.0. The Morgan fingerprint density at radius 2 is 1.75 bits per heavy atom. The summed E-state index contributed by atoms with van der Waals surface area (Å²) in [5.41, 5.74) is 0. The van der Waals surface area contributed by atoms with E-state index in [9.17, 15) is 9.59 Å². The van der Waals surface area contributed by atoms with Crippen molar-refractivity contribution in [3.8, 4) is 0 Å². The van der Waals surface area contributed by atoms with Gasteiger partial charge in [0.2, 0.25) is 0 Å². The van der Waals surface area contributed by atoms with Gasteiger partial charge in [0, 0.05) is 12.6 Å². The Kier molecular flexibility index (Phi) is 3.83. The Morgan fingerprint density at radius 3 is 2.45 bits per heavy atom. The summed E-state index contributed by atoms with van der Waals surface area (Å²) in [5, 5.41) is 14.9. The van der Waals surface area contributed by atoms with E-state index in [1.807, 2.05) is 0 Å². The van der Waals surface area contributed by atoms with E-state index in [4.69, 9.17) is 9.84 Å². The van der Waals surface area contributed by atoms with Crippen LogP contribution in [0.1, 0.15) is 38.5 Å². The molecule has 0 bridgehead atoms. The van der Waals surface area contributed by atoms with Gasteiger partial charge in [0.15, 0.2) is 0 Å². The number of carboxylic acids is 1. The van der Waals surface area contributed by atoms with Crippen molar-refractivity contribution in [1.82, 2.24) is 10.6 Å². The topological polar surface area (TPSA) is 87.7 Å². The standard InChI is InChI=1S/C14H22N2O4/c17-13(18)9-2-1-3-10(9)15-14(19)16-11-6-7-20-12(11)8-4-5-8/h8-12H,1-7H2,(H,17,18)(H2,15,16,19). The number of hydrogen-bond acceptors (Lipinski definition) is 3. The van der Waals surface area contributed by atoms with Crippen LogP contribution in [0, 0.1) is 11.8 Å². The van der Waals surface area contributed by atoms with Gasteiger partial charge in [-0.15, -0.1) is 0 Å². The minimum Gasteiger partial charge on any atom is -0.481 e. The van der Waals surface area contributed by atoms with Crippen molar-refractivity contribution >= 4 is 12.0 Å². The molecule has 2 amide bonds. The first kappa shape index (κ1) is 13.7. The van der Waals surface area contributed by atoms with E-state index in [0.29, 0.717) is 18.9 Å². The summed E-state index contributed by atoms with van der Waals surface area (Å²) in [7, 11) is 0. The molecular weight excluding hydrogens is 260 g/mol. The van der Waals surface area contributed by atoms with Gasteiger partial charge >= 0.3 is 12.0 Å². The summed E-state index contributed by atoms with van der Waals surface area (Å²) in [4.78, 5) is 23.1. The van der Waals surface area contributed by atoms with E-state index in [1.54, 1.807) is 0 Å². The summed E-state index contributed by atoms with van der Waals surface area (Å²) < 4.78 is 5.68. The van der Waals surface area contributed by atoms with Crippen LogP contribution in [0.2, 0.25) is 0 Å². The minimum atomic E-state index is -0.812. The SMILES string of the molecule is O=C(NC1CCCC1C(=O)O)NC1CCOC1C1CC1. The van der Waals surface area contributed by atoms with E-state index >= 15 is 0 Å². The second kappa shape index (κ2) is 5.60. The fourth-order valence-electron chi connectivity index (χ4n) is 3.46. The summed E-state index contributed by atoms with van der Waals surface area (Å²) in [6, 6.07) is -0.411. The van der Waals surface area contributed by atoms with Crippen LogP contribution < -0.4 is 10.6 Å². The lowest BCUT2D eigenvalue weighted by molar-refractivity contribution is -0.142. The van der Waals surface area contributed by atoms with Gasteiger partial charge in [-0.25, -0.2) is 4.79 Å². The zero-order valence-corrected chi connectivity index (χ0v) is 11.5. The number of amides is 2. The molecule has 0 radical (unpaired) electrons. The van der Waals surface area contributed by atoms with Gasteiger partial charge in [0.05, 0.1) is 18.1 Å². The maximum Gasteiger partial charge on any atom is 0.315 e. The van der Waals surface area contributed by atoms with Crippen LogP contribution in [0.25, 0.3) is 0 Å². The van der Waals surface area contributed by atoms with E-state index in [2.05, 4.69) is 10.6 Å². The molecule has 0 aromatic rings. The summed E-state index contributed by atoms with van der Waals surface area (Å²) in [6.07, 6.45) is 5.64. The average molecular weight is 282 g/mol. The highest BCUT2D eigenvalue weighted by molar-refractivity contribution is 5.77. The number of hydrogen-bond donors (Lipinski definition) is 3. The second-order valence-corrected chi connectivity index (χ2v) is 6.17. The predicted octanol–water partition coefficient (Wildman–Crippen LogP) is 1.11. The number of carbonyl (C=O) groups excluding carboxylic acids is 1. The molecule has 3 aliphatic rings. The Labute approximate surface area is 118 Å². The summed E-state index contributed by atoms with van der Waals surface area (Å²) >= 11 is 0. The molecule has 3 rings (SSSR count). The Morgan fingerprint density at radius 1 is 1.00 bits per heavy atom. The van der Waals surface area contributed by atoms with Crippen LogP contribution in [-0.4, -0.2) is 41.9 Å². The van der Waals surface area contributed by atoms with Gasteiger partial charge in [0.25, 0.3) is 0 Å². The van der Waals surface area contributed by atoms with Crippen molar-refractivity contribution in [1.29, 1.82) is 0 Å². The Balaban J connectivity index is 1.50. The van der Waals surface area contributed by atoms with Crippen molar-refractivity contribution in [2.75, 3.05) is 6.61 Å². The number of aliphatic carboxylic acids is 1. The van der Waals surface area contributed by atoms with Gasteiger partial charge < -0.3 is 20.5 Å². The fourth-order valence-corrected chi connectivity index (χ4v) is 3.46. The molecule has 112 valence electrons. The van der Waals surface area contributed by atoms with Crippen molar-refractivity contribution < 1.29 is 19.4 Å². The van der Waals surface area contributed by atoms with Crippen molar-refractivity contribution in [3.63, 3.8) is 0 Å². The molecule has 3 fully saturated rings. The van der Waals surface area contributed by atoms with Crippen LogP contribution in [0.3, 0.4) is 0 Å². The average Bonchev–Trinajstić information content (AvgIpc) is 2.95. The zero-order valence-electron chi connectivity index (χ0n) is 11.5. The third-order valence-electron chi connectivity index (χ3n) is 4.69. The first-order valence-electron chi connectivity index (χ1n) is 7.56. The first-order chi connectivity index (χ1) is 9.65. The lowest BCUT2D eigenvalue weighted by Gasteiger charge is -2.23. The predicted molar refractivity (Wildman–Crippen MR) is 71.3 cm³/mol. The van der Waals surface area contributed by atoms with E-state index in [-0.39, 0.29) is 24.2 Å². The zero-order chi connectivity index (χ0) is 14.1. The molecule has 0 aromatic carbocycles. The molecule has 2 saturated carbocycles. The van der Waals surface area contributed by atoms with Crippen LogP contribution in [0.4, 0.5) is 4.79 Å². The highest BCUT2D eigenvalue weighted by Crippen LogP contribution is 2.38. The minimum absolute atomic E-state index is 0.0761. The number of urea groups is 1. The van der Waals surface area contributed by atoms with Crippen molar-refractivity contribution in [2.45, 2.75) is 56.7 Å². The molecule has 1 saturated heterocycles. The van der Waals surface area contributed by atoms with Crippen LogP contribution in [0.15, 0.2) is 0 Å². The largest absolute Gasteiger partial charge is 0.481 e. The number of nitrogens with one attached hydrogen (secondary N) is 2. The summed E-state index contributed by atoms with van der Waals surface area (Å²) in [5.74, 6) is -0.659. The third kappa shape index (κ3) is 2.90. The lowest BCUT2D eigenvalue weighted by atomic mass is 10.0. The molecule has 0 spiro atoms.